The smallest absolute Gasteiger partial charge is 0.253 e. The zero-order chi connectivity index (χ0) is 21.5. The number of para-hydroxylation sites is 1. The number of carbonyl (C=O) groups is 1. The van der Waals surface area contributed by atoms with E-state index in [1.54, 1.807) is 7.11 Å². The van der Waals surface area contributed by atoms with Crippen molar-refractivity contribution in [2.24, 2.45) is 0 Å². The van der Waals surface area contributed by atoms with Crippen LogP contribution in [0.2, 0.25) is 0 Å². The minimum Gasteiger partial charge on any atom is -0.497 e. The molecule has 31 heavy (non-hydrogen) atoms. The standard InChI is InChI=1S/C25H27N3O3/c1-30-22-12-8-20(9-13-22)27-24-5-3-2-4-23(24)25(29)26-18-19-6-10-21(11-7-19)28-14-16-31-17-15-28/h2-13,27H,14-18H2,1H3,(H,26,29). The average Bonchev–Trinajstić information content (AvgIpc) is 2.84. The molecule has 1 fully saturated rings. The maximum Gasteiger partial charge on any atom is 0.253 e. The lowest BCUT2D eigenvalue weighted by molar-refractivity contribution is 0.0951. The van der Waals surface area contributed by atoms with Crippen LogP contribution in [0.4, 0.5) is 17.1 Å². The molecule has 160 valence electrons. The van der Waals surface area contributed by atoms with Crippen LogP contribution >= 0.6 is 0 Å². The molecule has 0 aliphatic carbocycles. The summed E-state index contributed by atoms with van der Waals surface area (Å²) in [4.78, 5) is 15.2. The molecule has 0 atom stereocenters. The number of benzene rings is 3. The highest BCUT2D eigenvalue weighted by atomic mass is 16.5. The van der Waals surface area contributed by atoms with Crippen molar-refractivity contribution in [3.63, 3.8) is 0 Å². The number of morpholine rings is 1. The minimum absolute atomic E-state index is 0.117. The van der Waals surface area contributed by atoms with Crippen LogP contribution in [-0.2, 0) is 11.3 Å². The van der Waals surface area contributed by atoms with Crippen molar-refractivity contribution in [2.45, 2.75) is 6.54 Å². The Labute approximate surface area is 182 Å². The Morgan fingerprint density at radius 2 is 1.68 bits per heavy atom. The van der Waals surface area contributed by atoms with Gasteiger partial charge in [-0.15, -0.1) is 0 Å². The quantitative estimate of drug-likeness (QED) is 0.603. The van der Waals surface area contributed by atoms with Crippen LogP contribution in [0.5, 0.6) is 5.75 Å². The second-order valence-corrected chi connectivity index (χ2v) is 7.35. The van der Waals surface area contributed by atoms with Gasteiger partial charge in [-0.2, -0.15) is 0 Å². The number of rotatable bonds is 7. The van der Waals surface area contributed by atoms with Crippen LogP contribution in [-0.4, -0.2) is 39.3 Å². The fraction of sp³-hybridized carbons (Fsp3) is 0.240. The van der Waals surface area contributed by atoms with Gasteiger partial charge in [0.05, 0.1) is 31.6 Å². The first kappa shape index (κ1) is 20.8. The molecule has 6 nitrogen and oxygen atoms in total. The summed E-state index contributed by atoms with van der Waals surface area (Å²) in [5.74, 6) is 0.671. The molecule has 0 unspecified atom stereocenters. The zero-order valence-corrected chi connectivity index (χ0v) is 17.6. The molecular formula is C25H27N3O3. The summed E-state index contributed by atoms with van der Waals surface area (Å²) < 4.78 is 10.6. The molecule has 3 aromatic carbocycles. The van der Waals surface area contributed by atoms with Crippen molar-refractivity contribution in [1.29, 1.82) is 0 Å². The number of nitrogens with one attached hydrogen (secondary N) is 2. The summed E-state index contributed by atoms with van der Waals surface area (Å²) in [7, 11) is 1.64. The number of anilines is 3. The highest BCUT2D eigenvalue weighted by Gasteiger charge is 2.13. The number of nitrogens with zero attached hydrogens (tertiary/aromatic N) is 1. The third kappa shape index (κ3) is 5.35. The van der Waals surface area contributed by atoms with Gasteiger partial charge in [0.2, 0.25) is 0 Å². The second-order valence-electron chi connectivity index (χ2n) is 7.35. The van der Waals surface area contributed by atoms with E-state index in [-0.39, 0.29) is 5.91 Å². The number of carbonyl (C=O) groups excluding carboxylic acids is 1. The molecule has 1 amide bonds. The fourth-order valence-electron chi connectivity index (χ4n) is 3.54. The first-order valence-electron chi connectivity index (χ1n) is 10.4. The molecule has 0 aromatic heterocycles. The van der Waals surface area contributed by atoms with Gasteiger partial charge in [0.25, 0.3) is 5.91 Å². The van der Waals surface area contributed by atoms with Crippen molar-refractivity contribution in [3.8, 4) is 5.75 Å². The molecule has 3 aromatic rings. The Kier molecular flexibility index (Phi) is 6.69. The summed E-state index contributed by atoms with van der Waals surface area (Å²) in [5.41, 5.74) is 4.49. The zero-order valence-electron chi connectivity index (χ0n) is 17.6. The predicted octanol–water partition coefficient (Wildman–Crippen LogP) is 4.21. The highest BCUT2D eigenvalue weighted by Crippen LogP contribution is 2.23. The Morgan fingerprint density at radius 1 is 0.968 bits per heavy atom. The largest absolute Gasteiger partial charge is 0.497 e. The van der Waals surface area contributed by atoms with Crippen molar-refractivity contribution in [2.75, 3.05) is 43.6 Å². The van der Waals surface area contributed by atoms with Gasteiger partial charge < -0.3 is 25.0 Å². The summed E-state index contributed by atoms with van der Waals surface area (Å²) in [6, 6.07) is 23.4. The van der Waals surface area contributed by atoms with Gasteiger partial charge in [-0.25, -0.2) is 0 Å². The van der Waals surface area contributed by atoms with Crippen molar-refractivity contribution >= 4 is 23.0 Å². The molecule has 0 bridgehead atoms. The van der Waals surface area contributed by atoms with Crippen LogP contribution in [0.1, 0.15) is 15.9 Å². The van der Waals surface area contributed by atoms with E-state index in [1.165, 1.54) is 5.69 Å². The van der Waals surface area contributed by atoms with Crippen LogP contribution in [0.25, 0.3) is 0 Å². The first-order valence-corrected chi connectivity index (χ1v) is 10.4. The number of ether oxygens (including phenoxy) is 2. The fourth-order valence-corrected chi connectivity index (χ4v) is 3.54. The molecule has 0 radical (unpaired) electrons. The summed E-state index contributed by atoms with van der Waals surface area (Å²) in [5, 5.41) is 6.34. The lowest BCUT2D eigenvalue weighted by Crippen LogP contribution is -2.36. The normalized spacial score (nSPS) is 13.5. The molecule has 0 saturated carbocycles. The third-order valence-electron chi connectivity index (χ3n) is 5.31. The average molecular weight is 418 g/mol. The van der Waals surface area contributed by atoms with Gasteiger partial charge in [-0.05, 0) is 54.1 Å². The molecule has 2 N–H and O–H groups in total. The van der Waals surface area contributed by atoms with Crippen molar-refractivity contribution in [1.82, 2.24) is 5.32 Å². The molecule has 1 aliphatic heterocycles. The van der Waals surface area contributed by atoms with Gasteiger partial charge >= 0.3 is 0 Å². The van der Waals surface area contributed by atoms with E-state index in [1.807, 2.05) is 48.5 Å². The van der Waals surface area contributed by atoms with E-state index >= 15 is 0 Å². The lowest BCUT2D eigenvalue weighted by atomic mass is 10.1. The summed E-state index contributed by atoms with van der Waals surface area (Å²) in [6.07, 6.45) is 0. The maximum atomic E-state index is 12.9. The molecular weight excluding hydrogens is 390 g/mol. The Balaban J connectivity index is 1.38. The summed E-state index contributed by atoms with van der Waals surface area (Å²) >= 11 is 0. The molecule has 0 spiro atoms. The third-order valence-corrected chi connectivity index (χ3v) is 5.31. The molecule has 1 heterocycles. The number of methoxy groups -OCH3 is 1. The van der Waals surface area contributed by atoms with Crippen molar-refractivity contribution < 1.29 is 14.3 Å². The van der Waals surface area contributed by atoms with Crippen LogP contribution in [0.15, 0.2) is 72.8 Å². The number of hydrogen-bond donors (Lipinski definition) is 2. The van der Waals surface area contributed by atoms with Gasteiger partial charge in [-0.1, -0.05) is 24.3 Å². The monoisotopic (exact) mass is 417 g/mol. The topological polar surface area (TPSA) is 62.8 Å². The minimum atomic E-state index is -0.117. The summed E-state index contributed by atoms with van der Waals surface area (Å²) in [6.45, 7) is 3.82. The second kappa shape index (κ2) is 10.00. The van der Waals surface area contributed by atoms with E-state index in [0.717, 1.165) is 49.0 Å². The van der Waals surface area contributed by atoms with E-state index < -0.39 is 0 Å². The number of hydrogen-bond acceptors (Lipinski definition) is 5. The Bertz CT molecular complexity index is 997. The van der Waals surface area contributed by atoms with Crippen LogP contribution in [0.3, 0.4) is 0 Å². The highest BCUT2D eigenvalue weighted by molar-refractivity contribution is 6.00. The van der Waals surface area contributed by atoms with Gasteiger partial charge in [-0.3, -0.25) is 4.79 Å². The predicted molar refractivity (Wildman–Crippen MR) is 123 cm³/mol. The van der Waals surface area contributed by atoms with Crippen LogP contribution in [0, 0.1) is 0 Å². The molecule has 6 heteroatoms. The molecule has 1 aliphatic rings. The molecule has 1 saturated heterocycles. The van der Waals surface area contributed by atoms with E-state index in [9.17, 15) is 4.79 Å². The van der Waals surface area contributed by atoms with E-state index in [4.69, 9.17) is 9.47 Å². The van der Waals surface area contributed by atoms with Gasteiger partial charge in [0.15, 0.2) is 0 Å². The van der Waals surface area contributed by atoms with Crippen LogP contribution < -0.4 is 20.3 Å². The van der Waals surface area contributed by atoms with Crippen molar-refractivity contribution in [3.05, 3.63) is 83.9 Å². The van der Waals surface area contributed by atoms with E-state index in [0.29, 0.717) is 12.1 Å². The maximum absolute atomic E-state index is 12.9. The lowest BCUT2D eigenvalue weighted by Gasteiger charge is -2.28. The van der Waals surface area contributed by atoms with Gasteiger partial charge in [0, 0.05) is 31.0 Å². The Morgan fingerprint density at radius 3 is 2.39 bits per heavy atom. The van der Waals surface area contributed by atoms with E-state index in [2.05, 4.69) is 39.8 Å². The first-order chi connectivity index (χ1) is 15.2. The van der Waals surface area contributed by atoms with Gasteiger partial charge in [0.1, 0.15) is 5.75 Å². The number of amides is 1. The molecule has 4 rings (SSSR count). The Hall–Kier alpha value is -3.51. The SMILES string of the molecule is COc1ccc(Nc2ccccc2C(=O)NCc2ccc(N3CCOCC3)cc2)cc1.